The van der Waals surface area contributed by atoms with Crippen molar-refractivity contribution in [3.8, 4) is 34.3 Å². The topological polar surface area (TPSA) is 40.8 Å². The van der Waals surface area contributed by atoms with Crippen LogP contribution in [0.2, 0.25) is 0 Å². The minimum absolute atomic E-state index is 0. The average molecular weight is 428 g/mol. The fraction of sp³-hybridized carbons (Fsp3) is 0.375. The Labute approximate surface area is 182 Å². The number of unbranched alkanes of at least 4 members (excludes halogenated alkanes) is 1. The lowest BCUT2D eigenvalue weighted by atomic mass is 9.89. The van der Waals surface area contributed by atoms with Crippen LogP contribution in [0.4, 0.5) is 0 Å². The van der Waals surface area contributed by atoms with Gasteiger partial charge in [-0.15, -0.1) is 0 Å². The van der Waals surface area contributed by atoms with E-state index in [0.717, 1.165) is 55.2 Å². The summed E-state index contributed by atoms with van der Waals surface area (Å²) >= 11 is 0. The van der Waals surface area contributed by atoms with Gasteiger partial charge in [-0.25, -0.2) is 0 Å². The first kappa shape index (κ1) is 20.6. The Morgan fingerprint density at radius 2 is 1.73 bits per heavy atom. The summed E-state index contributed by atoms with van der Waals surface area (Å²) in [5.74, 6) is 3.23. The molecule has 30 heavy (non-hydrogen) atoms. The summed E-state index contributed by atoms with van der Waals surface area (Å²) in [6.45, 7) is 3.49. The van der Waals surface area contributed by atoms with Crippen molar-refractivity contribution >= 4 is 10.8 Å². The first-order valence-corrected chi connectivity index (χ1v) is 10.3. The predicted molar refractivity (Wildman–Crippen MR) is 111 cm³/mol. The number of hydrogen-bond donors (Lipinski definition) is 0. The van der Waals surface area contributed by atoms with Crippen LogP contribution in [-0.4, -0.2) is 21.0 Å². The molecule has 2 aromatic carbocycles. The zero-order valence-electron chi connectivity index (χ0n) is 17.6. The zero-order chi connectivity index (χ0) is 20.0. The summed E-state index contributed by atoms with van der Waals surface area (Å²) < 4.78 is 24.9. The van der Waals surface area contributed by atoms with E-state index in [1.165, 1.54) is 33.2 Å². The van der Waals surface area contributed by atoms with E-state index < -0.39 is 0 Å². The van der Waals surface area contributed by atoms with Gasteiger partial charge in [0, 0.05) is 22.8 Å². The fourth-order valence-corrected chi connectivity index (χ4v) is 4.55. The Balaban J connectivity index is 0.00000218. The molecule has 5 nitrogen and oxygen atoms in total. The van der Waals surface area contributed by atoms with Crippen LogP contribution in [0.3, 0.4) is 0 Å². The minimum atomic E-state index is 0. The molecule has 0 spiro atoms. The Hall–Kier alpha value is -2.66. The summed E-state index contributed by atoms with van der Waals surface area (Å²) in [4.78, 5) is 0. The van der Waals surface area contributed by atoms with E-state index in [2.05, 4.69) is 42.0 Å². The molecule has 0 fully saturated rings. The van der Waals surface area contributed by atoms with E-state index in [0.29, 0.717) is 6.79 Å². The van der Waals surface area contributed by atoms with E-state index >= 15 is 0 Å². The van der Waals surface area contributed by atoms with E-state index in [4.69, 9.17) is 18.9 Å². The molecule has 0 radical (unpaired) electrons. The van der Waals surface area contributed by atoms with Gasteiger partial charge in [0.25, 0.3) is 0 Å². The highest BCUT2D eigenvalue weighted by atomic mass is 35.5. The molecule has 0 saturated heterocycles. The van der Waals surface area contributed by atoms with Crippen molar-refractivity contribution in [1.82, 2.24) is 0 Å². The molecule has 0 N–H and O–H groups in total. The Kier molecular flexibility index (Phi) is 5.65. The second kappa shape index (κ2) is 8.23. The van der Waals surface area contributed by atoms with Gasteiger partial charge < -0.3 is 31.4 Å². The first-order chi connectivity index (χ1) is 14.2. The SMILES string of the molecule is CCCCc1c2[n+](cc3cc(OC)c(OC)cc13)CCc1cc3c(cc1-2)OCO3.[Cl-]. The van der Waals surface area contributed by atoms with Gasteiger partial charge in [-0.3, -0.25) is 0 Å². The number of halogens is 1. The molecule has 5 rings (SSSR count). The van der Waals surface area contributed by atoms with Crippen LogP contribution in [0.5, 0.6) is 23.0 Å². The third-order valence-corrected chi connectivity index (χ3v) is 6.00. The molecule has 3 aromatic rings. The maximum absolute atomic E-state index is 5.69. The second-order valence-electron chi connectivity index (χ2n) is 7.66. The molecule has 158 valence electrons. The highest BCUT2D eigenvalue weighted by Gasteiger charge is 2.31. The number of nitrogens with zero attached hydrogens (tertiary/aromatic N) is 1. The summed E-state index contributed by atoms with van der Waals surface area (Å²) in [5.41, 5.74) is 5.23. The number of pyridine rings is 1. The number of benzene rings is 2. The van der Waals surface area contributed by atoms with Crippen LogP contribution < -0.4 is 35.9 Å². The summed E-state index contributed by atoms with van der Waals surface area (Å²) in [7, 11) is 3.38. The van der Waals surface area contributed by atoms with Gasteiger partial charge in [0.1, 0.15) is 0 Å². The van der Waals surface area contributed by atoms with Crippen molar-refractivity contribution in [2.45, 2.75) is 39.2 Å². The minimum Gasteiger partial charge on any atom is -1.00 e. The number of ether oxygens (including phenoxy) is 4. The van der Waals surface area contributed by atoms with Crippen molar-refractivity contribution in [3.05, 3.63) is 41.6 Å². The van der Waals surface area contributed by atoms with Crippen molar-refractivity contribution in [2.75, 3.05) is 21.0 Å². The van der Waals surface area contributed by atoms with Gasteiger partial charge in [0.05, 0.1) is 19.8 Å². The Morgan fingerprint density at radius 1 is 1.00 bits per heavy atom. The van der Waals surface area contributed by atoms with E-state index in [9.17, 15) is 0 Å². The number of aryl methyl sites for hydroxylation is 3. The molecule has 0 amide bonds. The molecule has 0 aliphatic carbocycles. The Bertz CT molecular complexity index is 1110. The van der Waals surface area contributed by atoms with Gasteiger partial charge in [0.15, 0.2) is 35.7 Å². The van der Waals surface area contributed by atoms with Gasteiger partial charge in [-0.1, -0.05) is 13.3 Å². The standard InChI is InChI=1S/C24H26NO4.ClH/c1-4-5-6-17-18-11-21(27-3)20(26-2)10-16(18)13-25-8-7-15-9-22-23(29-14-28-22)12-19(15)24(17)25;/h9-13H,4-8,14H2,1-3H3;1H/q+1;/p-1. The quantitative estimate of drug-likeness (QED) is 0.578. The largest absolute Gasteiger partial charge is 1.00 e. The normalized spacial score (nSPS) is 13.4. The maximum atomic E-state index is 5.69. The number of methoxy groups -OCH3 is 2. The van der Waals surface area contributed by atoms with Crippen LogP contribution in [0.1, 0.15) is 30.9 Å². The van der Waals surface area contributed by atoms with Crippen molar-refractivity contribution < 1.29 is 35.9 Å². The van der Waals surface area contributed by atoms with Gasteiger partial charge in [-0.2, -0.15) is 4.57 Å². The number of rotatable bonds is 5. The molecule has 6 heteroatoms. The lowest BCUT2D eigenvalue weighted by molar-refractivity contribution is -0.686. The van der Waals surface area contributed by atoms with Gasteiger partial charge in [-0.05, 0) is 42.7 Å². The van der Waals surface area contributed by atoms with Crippen molar-refractivity contribution in [3.63, 3.8) is 0 Å². The third-order valence-electron chi connectivity index (χ3n) is 6.00. The third kappa shape index (κ3) is 3.21. The van der Waals surface area contributed by atoms with Crippen molar-refractivity contribution in [2.24, 2.45) is 0 Å². The molecule has 0 saturated carbocycles. The lowest BCUT2D eigenvalue weighted by Crippen LogP contribution is -3.00. The number of hydrogen-bond acceptors (Lipinski definition) is 4. The first-order valence-electron chi connectivity index (χ1n) is 10.3. The summed E-state index contributed by atoms with van der Waals surface area (Å²) in [5, 5.41) is 2.41. The molecular formula is C24H26ClNO4. The molecule has 1 aromatic heterocycles. The highest BCUT2D eigenvalue weighted by molar-refractivity contribution is 5.91. The fourth-order valence-electron chi connectivity index (χ4n) is 4.55. The van der Waals surface area contributed by atoms with Gasteiger partial charge >= 0.3 is 0 Å². The van der Waals surface area contributed by atoms with E-state index in [-0.39, 0.29) is 12.4 Å². The zero-order valence-corrected chi connectivity index (χ0v) is 18.3. The molecule has 2 aliphatic heterocycles. The molecule has 0 bridgehead atoms. The molecule has 3 heterocycles. The van der Waals surface area contributed by atoms with Crippen LogP contribution in [-0.2, 0) is 19.4 Å². The van der Waals surface area contributed by atoms with E-state index in [1.54, 1.807) is 14.2 Å². The second-order valence-corrected chi connectivity index (χ2v) is 7.66. The Morgan fingerprint density at radius 3 is 2.47 bits per heavy atom. The number of fused-ring (bicyclic) bond motifs is 5. The van der Waals surface area contributed by atoms with Gasteiger partial charge in [0.2, 0.25) is 12.5 Å². The molecule has 0 unspecified atom stereocenters. The highest BCUT2D eigenvalue weighted by Crippen LogP contribution is 2.43. The molecule has 2 aliphatic rings. The predicted octanol–water partition coefficient (Wildman–Crippen LogP) is 1.44. The van der Waals surface area contributed by atoms with Crippen LogP contribution in [0.15, 0.2) is 30.5 Å². The summed E-state index contributed by atoms with van der Waals surface area (Å²) in [6, 6.07) is 8.53. The van der Waals surface area contributed by atoms with Crippen molar-refractivity contribution in [1.29, 1.82) is 0 Å². The van der Waals surface area contributed by atoms with Crippen LogP contribution in [0.25, 0.3) is 22.0 Å². The maximum Gasteiger partial charge on any atom is 0.231 e. The smallest absolute Gasteiger partial charge is 0.231 e. The van der Waals surface area contributed by atoms with E-state index in [1.807, 2.05) is 0 Å². The van der Waals surface area contributed by atoms with Crippen LogP contribution in [0, 0.1) is 0 Å². The van der Waals surface area contributed by atoms with Crippen LogP contribution >= 0.6 is 0 Å². The average Bonchev–Trinajstić information content (AvgIpc) is 3.21. The monoisotopic (exact) mass is 427 g/mol. The molecule has 0 atom stereocenters. The lowest BCUT2D eigenvalue weighted by Gasteiger charge is -2.20. The molecular weight excluding hydrogens is 402 g/mol. The number of aromatic nitrogens is 1. The summed E-state index contributed by atoms with van der Waals surface area (Å²) in [6.07, 6.45) is 6.54.